The van der Waals surface area contributed by atoms with Gasteiger partial charge in [-0.1, -0.05) is 12.0 Å². The van der Waals surface area contributed by atoms with Crippen LogP contribution in [0.1, 0.15) is 43.0 Å². The third-order valence-electron chi connectivity index (χ3n) is 5.47. The first kappa shape index (κ1) is 30.7. The van der Waals surface area contributed by atoms with Gasteiger partial charge in [-0.3, -0.25) is 4.98 Å². The summed E-state index contributed by atoms with van der Waals surface area (Å²) in [7, 11) is 1.00. The molecule has 3 N–H and O–H groups in total. The summed E-state index contributed by atoms with van der Waals surface area (Å²) in [4.78, 5) is 28.1. The molecule has 0 atom stereocenters. The second-order valence-electron chi connectivity index (χ2n) is 9.23. The number of aliphatic hydroxyl groups excluding tert-OH is 1. The highest BCUT2D eigenvalue weighted by molar-refractivity contribution is 5.85. The minimum absolute atomic E-state index is 0.0213. The van der Waals surface area contributed by atoms with Crippen LogP contribution in [-0.2, 0) is 11.4 Å². The highest BCUT2D eigenvalue weighted by Crippen LogP contribution is 2.39. The van der Waals surface area contributed by atoms with Gasteiger partial charge in [0, 0.05) is 18.4 Å². The maximum absolute atomic E-state index is 13.7. The van der Waals surface area contributed by atoms with E-state index in [1.807, 2.05) is 0 Å². The summed E-state index contributed by atoms with van der Waals surface area (Å²) in [5.74, 6) is 5.18. The number of benzene rings is 1. The van der Waals surface area contributed by atoms with Gasteiger partial charge in [0.15, 0.2) is 0 Å². The molecule has 0 bridgehead atoms. The molecule has 0 aliphatic rings. The van der Waals surface area contributed by atoms with E-state index >= 15 is 0 Å². The molecule has 4 aromatic rings. The van der Waals surface area contributed by atoms with Crippen molar-refractivity contribution in [2.45, 2.75) is 33.8 Å². The number of alkyl halides is 2. The Balaban J connectivity index is 0.00000226. The van der Waals surface area contributed by atoms with Crippen LogP contribution in [0.4, 0.5) is 19.1 Å². The molecule has 0 spiro atoms. The van der Waals surface area contributed by atoms with Crippen molar-refractivity contribution in [2.75, 3.05) is 12.8 Å². The average molecular weight is 564 g/mol. The first-order valence-corrected chi connectivity index (χ1v) is 12.3. The molecule has 11 heteroatoms. The third-order valence-corrected chi connectivity index (χ3v) is 5.47. The zero-order valence-electron chi connectivity index (χ0n) is 22.8. The quantitative estimate of drug-likeness (QED) is 0.228. The Labute approximate surface area is 235 Å². The van der Waals surface area contributed by atoms with Crippen LogP contribution in [0.3, 0.4) is 0 Å². The van der Waals surface area contributed by atoms with Crippen molar-refractivity contribution in [3.63, 3.8) is 0 Å². The Morgan fingerprint density at radius 1 is 1.02 bits per heavy atom. The molecule has 3 heterocycles. The van der Waals surface area contributed by atoms with Gasteiger partial charge in [0.25, 0.3) is 6.43 Å². The second kappa shape index (κ2) is 13.5. The molecule has 8 nitrogen and oxygen atoms in total. The molecule has 0 unspecified atom stereocenters. The number of ether oxygens (including phenoxy) is 1. The van der Waals surface area contributed by atoms with Crippen LogP contribution < -0.4 is 10.5 Å². The molecule has 41 heavy (non-hydrogen) atoms. The van der Waals surface area contributed by atoms with E-state index in [0.29, 0.717) is 28.2 Å². The fraction of sp³-hybridized carbons (Fsp3) is 0.233. The highest BCUT2D eigenvalue weighted by Gasteiger charge is 2.22. The Morgan fingerprint density at radius 2 is 1.73 bits per heavy atom. The second-order valence-corrected chi connectivity index (χ2v) is 9.23. The Bertz CT molecular complexity index is 1580. The van der Waals surface area contributed by atoms with Crippen molar-refractivity contribution < 1.29 is 27.8 Å². The number of aliphatic hydroxyl groups is 1. The van der Waals surface area contributed by atoms with E-state index in [4.69, 9.17) is 15.6 Å². The summed E-state index contributed by atoms with van der Waals surface area (Å²) in [5.41, 5.74) is 7.39. The van der Waals surface area contributed by atoms with Crippen molar-refractivity contribution in [2.24, 2.45) is 5.41 Å². The topological polar surface area (TPSA) is 124 Å². The maximum atomic E-state index is 13.7. The van der Waals surface area contributed by atoms with E-state index in [1.165, 1.54) is 30.3 Å². The Morgan fingerprint density at radius 3 is 2.39 bits per heavy atom. The van der Waals surface area contributed by atoms with Gasteiger partial charge in [0.05, 0.1) is 22.4 Å². The molecule has 1 aromatic carbocycles. The molecule has 0 aliphatic carbocycles. The summed E-state index contributed by atoms with van der Waals surface area (Å²) >= 11 is 0. The van der Waals surface area contributed by atoms with Crippen molar-refractivity contribution in [1.82, 2.24) is 19.9 Å². The minimum atomic E-state index is -2.81. The number of anilines is 1. The number of nitrogens with zero attached hydrogens (tertiary/aromatic N) is 4. The number of nitrogens with two attached hydrogens (primary N) is 1. The molecule has 0 fully saturated rings. The van der Waals surface area contributed by atoms with Crippen LogP contribution in [0.15, 0.2) is 54.6 Å². The number of aryl methyl sites for hydroxylation is 1. The predicted molar refractivity (Wildman–Crippen MR) is 148 cm³/mol. The van der Waals surface area contributed by atoms with E-state index in [-0.39, 0.29) is 29.7 Å². The van der Waals surface area contributed by atoms with Crippen molar-refractivity contribution >= 4 is 12.2 Å². The normalized spacial score (nSPS) is 10.8. The Hall–Kier alpha value is -4.82. The lowest BCUT2D eigenvalue weighted by atomic mass is 9.97. The van der Waals surface area contributed by atoms with E-state index in [2.05, 4.69) is 31.8 Å². The number of hydrogen-bond acceptors (Lipinski definition) is 8. The van der Waals surface area contributed by atoms with E-state index < -0.39 is 23.4 Å². The Kier molecular flexibility index (Phi) is 10.1. The van der Waals surface area contributed by atoms with Crippen LogP contribution >= 0.6 is 0 Å². The number of aromatic nitrogens is 4. The van der Waals surface area contributed by atoms with Crippen molar-refractivity contribution in [3.05, 3.63) is 83.2 Å². The molecular weight excluding hydrogens is 535 g/mol. The monoisotopic (exact) mass is 563 g/mol. The molecule has 0 saturated heterocycles. The number of nitrogen functional groups attached to an aromatic ring is 1. The smallest absolute Gasteiger partial charge is 0.280 e. The van der Waals surface area contributed by atoms with Crippen LogP contribution in [-0.4, -0.2) is 38.4 Å². The number of hydrogen-bond donors (Lipinski definition) is 2. The SMILES string of the molecule is CO.Cc1cc(-c2c(OCc3cccc(C#CC(C)(C)C=O)n3)nc(N)nc2-c2ccc(F)cc2)cc(C(F)F)n1. The molecule has 0 radical (unpaired) electrons. The van der Waals surface area contributed by atoms with E-state index in [1.54, 1.807) is 45.0 Å². The number of aldehydes is 1. The lowest BCUT2D eigenvalue weighted by Gasteiger charge is -2.16. The van der Waals surface area contributed by atoms with Gasteiger partial charge in [-0.15, -0.1) is 0 Å². The number of carbonyl (C=O) groups is 1. The summed E-state index contributed by atoms with van der Waals surface area (Å²) in [6.45, 7) is 4.92. The molecule has 0 saturated carbocycles. The van der Waals surface area contributed by atoms with Crippen molar-refractivity contribution in [3.8, 4) is 40.1 Å². The summed E-state index contributed by atoms with van der Waals surface area (Å²) < 4.78 is 46.9. The fourth-order valence-corrected chi connectivity index (χ4v) is 3.61. The zero-order valence-corrected chi connectivity index (χ0v) is 22.8. The van der Waals surface area contributed by atoms with Crippen molar-refractivity contribution in [1.29, 1.82) is 0 Å². The average Bonchev–Trinajstić information content (AvgIpc) is 2.96. The molecule has 3 aromatic heterocycles. The number of rotatable bonds is 7. The fourth-order valence-electron chi connectivity index (χ4n) is 3.61. The molecule has 0 aliphatic heterocycles. The largest absolute Gasteiger partial charge is 0.471 e. The number of halogens is 3. The highest BCUT2D eigenvalue weighted by atomic mass is 19.3. The number of carbonyl (C=O) groups excluding carboxylic acids is 1. The summed E-state index contributed by atoms with van der Waals surface area (Å²) in [6, 6.07) is 13.5. The minimum Gasteiger partial charge on any atom is -0.471 e. The first-order chi connectivity index (χ1) is 19.5. The van der Waals surface area contributed by atoms with Gasteiger partial charge < -0.3 is 20.4 Å². The van der Waals surface area contributed by atoms with Crippen LogP contribution in [0.2, 0.25) is 0 Å². The molecule has 0 amide bonds. The van der Waals surface area contributed by atoms with Gasteiger partial charge in [-0.2, -0.15) is 4.98 Å². The summed E-state index contributed by atoms with van der Waals surface area (Å²) in [6.07, 6.45) is -2.05. The standard InChI is InChI=1S/C29H24F3N5O2.CH4O/c1-17-13-19(14-23(34-17)26(31)32)24-25(18-7-9-20(30)10-8-18)36-28(33)37-27(24)39-15-22-6-4-5-21(35-22)11-12-29(2,3)16-38;1-2/h4-10,13-14,16,26H,15H2,1-3H3,(H2,33,36,37);2H,1H3. The van der Waals surface area contributed by atoms with Gasteiger partial charge in [-0.25, -0.2) is 23.1 Å². The van der Waals surface area contributed by atoms with Gasteiger partial charge >= 0.3 is 0 Å². The lowest BCUT2D eigenvalue weighted by Crippen LogP contribution is -2.09. The molecular formula is C30H28F3N5O3. The van der Waals surface area contributed by atoms with Crippen LogP contribution in [0.25, 0.3) is 22.4 Å². The van der Waals surface area contributed by atoms with Gasteiger partial charge in [0.2, 0.25) is 11.8 Å². The van der Waals surface area contributed by atoms with Crippen LogP contribution in [0.5, 0.6) is 5.88 Å². The van der Waals surface area contributed by atoms with E-state index in [9.17, 15) is 18.0 Å². The lowest BCUT2D eigenvalue weighted by molar-refractivity contribution is -0.112. The predicted octanol–water partition coefficient (Wildman–Crippen LogP) is 5.33. The molecule has 4 rings (SSSR count). The summed E-state index contributed by atoms with van der Waals surface area (Å²) in [5, 5.41) is 7.00. The molecule has 212 valence electrons. The van der Waals surface area contributed by atoms with E-state index in [0.717, 1.165) is 13.4 Å². The maximum Gasteiger partial charge on any atom is 0.280 e. The van der Waals surface area contributed by atoms with Crippen LogP contribution in [0, 0.1) is 30.0 Å². The number of pyridine rings is 2. The third kappa shape index (κ3) is 8.09. The first-order valence-electron chi connectivity index (χ1n) is 12.3. The van der Waals surface area contributed by atoms with Gasteiger partial charge in [0.1, 0.15) is 30.1 Å². The zero-order chi connectivity index (χ0) is 30.2. The van der Waals surface area contributed by atoms with Gasteiger partial charge in [-0.05, 0) is 80.8 Å².